The molecule has 1 aliphatic rings. The lowest BCUT2D eigenvalue weighted by Crippen LogP contribution is -2.36. The van der Waals surface area contributed by atoms with Gasteiger partial charge in [0.05, 0.1) is 6.61 Å². The van der Waals surface area contributed by atoms with E-state index in [0.717, 1.165) is 18.4 Å². The van der Waals surface area contributed by atoms with Crippen molar-refractivity contribution >= 4 is 0 Å². The van der Waals surface area contributed by atoms with E-state index >= 15 is 0 Å². The molecule has 0 aromatic carbocycles. The van der Waals surface area contributed by atoms with E-state index in [9.17, 15) is 0 Å². The summed E-state index contributed by atoms with van der Waals surface area (Å²) in [6.07, 6.45) is 9.68. The number of nitrogens with zero attached hydrogens (tertiary/aromatic N) is 1. The maximum atomic E-state index is 8.93. The molecule has 1 fully saturated rings. The molecule has 1 rings (SSSR count). The Morgan fingerprint density at radius 1 is 1.12 bits per heavy atom. The smallest absolute Gasteiger partial charge is 0.0558 e. The first-order valence-corrected chi connectivity index (χ1v) is 7.63. The topological polar surface area (TPSA) is 23.5 Å². The molecule has 0 amide bonds. The number of hydrogen-bond donors (Lipinski definition) is 1. The maximum Gasteiger partial charge on any atom is 0.0558 e. The molecule has 0 aromatic rings. The van der Waals surface area contributed by atoms with Crippen LogP contribution in [-0.4, -0.2) is 36.2 Å². The standard InChI is InChI=1S/C15H31NO/c1-3-5-14(6-4-2)13-15-7-9-16(10-8-15)11-12-17/h14-15,17H,3-13H2,1-2H3. The number of hydrogen-bond acceptors (Lipinski definition) is 2. The van der Waals surface area contributed by atoms with E-state index in [1.807, 2.05) is 0 Å². The maximum absolute atomic E-state index is 8.93. The van der Waals surface area contributed by atoms with E-state index < -0.39 is 0 Å². The molecule has 1 saturated heterocycles. The van der Waals surface area contributed by atoms with Gasteiger partial charge in [0, 0.05) is 6.54 Å². The van der Waals surface area contributed by atoms with E-state index in [4.69, 9.17) is 5.11 Å². The van der Waals surface area contributed by atoms with Gasteiger partial charge in [-0.1, -0.05) is 39.5 Å². The van der Waals surface area contributed by atoms with Gasteiger partial charge < -0.3 is 10.0 Å². The van der Waals surface area contributed by atoms with Gasteiger partial charge in [-0.25, -0.2) is 0 Å². The van der Waals surface area contributed by atoms with Crippen molar-refractivity contribution in [1.29, 1.82) is 0 Å². The summed E-state index contributed by atoms with van der Waals surface area (Å²) in [6, 6.07) is 0. The van der Waals surface area contributed by atoms with Gasteiger partial charge >= 0.3 is 0 Å². The predicted molar refractivity (Wildman–Crippen MR) is 74.2 cm³/mol. The SMILES string of the molecule is CCCC(CCC)CC1CCN(CCO)CC1. The van der Waals surface area contributed by atoms with Crippen LogP contribution in [0.2, 0.25) is 0 Å². The van der Waals surface area contributed by atoms with Crippen LogP contribution >= 0.6 is 0 Å². The number of aliphatic hydroxyl groups is 1. The van der Waals surface area contributed by atoms with Crippen molar-refractivity contribution in [3.63, 3.8) is 0 Å². The molecule has 17 heavy (non-hydrogen) atoms. The van der Waals surface area contributed by atoms with Crippen LogP contribution in [0, 0.1) is 11.8 Å². The fourth-order valence-corrected chi connectivity index (χ4v) is 3.26. The van der Waals surface area contributed by atoms with E-state index in [1.54, 1.807) is 0 Å². The Labute approximate surface area is 107 Å². The van der Waals surface area contributed by atoms with Crippen molar-refractivity contribution < 1.29 is 5.11 Å². The normalized spacial score (nSPS) is 19.1. The fourth-order valence-electron chi connectivity index (χ4n) is 3.26. The van der Waals surface area contributed by atoms with E-state index in [0.29, 0.717) is 6.61 Å². The van der Waals surface area contributed by atoms with E-state index in [1.165, 1.54) is 58.0 Å². The molecular weight excluding hydrogens is 210 g/mol. The summed E-state index contributed by atoms with van der Waals surface area (Å²) in [7, 11) is 0. The Hall–Kier alpha value is -0.0800. The molecule has 2 nitrogen and oxygen atoms in total. The molecule has 102 valence electrons. The van der Waals surface area contributed by atoms with Gasteiger partial charge in [-0.05, 0) is 44.2 Å². The van der Waals surface area contributed by atoms with Crippen LogP contribution in [0.4, 0.5) is 0 Å². The quantitative estimate of drug-likeness (QED) is 0.705. The van der Waals surface area contributed by atoms with Crippen LogP contribution in [-0.2, 0) is 0 Å². The van der Waals surface area contributed by atoms with Crippen molar-refractivity contribution in [3.05, 3.63) is 0 Å². The van der Waals surface area contributed by atoms with Crippen LogP contribution in [0.25, 0.3) is 0 Å². The van der Waals surface area contributed by atoms with Crippen LogP contribution in [0.1, 0.15) is 58.8 Å². The third-order valence-corrected chi connectivity index (χ3v) is 4.18. The van der Waals surface area contributed by atoms with Crippen LogP contribution in [0.3, 0.4) is 0 Å². The van der Waals surface area contributed by atoms with Gasteiger partial charge in [-0.2, -0.15) is 0 Å². The van der Waals surface area contributed by atoms with Crippen molar-refractivity contribution in [2.75, 3.05) is 26.2 Å². The number of likely N-dealkylation sites (tertiary alicyclic amines) is 1. The van der Waals surface area contributed by atoms with Crippen LogP contribution in [0.15, 0.2) is 0 Å². The minimum Gasteiger partial charge on any atom is -0.395 e. The molecule has 0 bridgehead atoms. The molecule has 0 aliphatic carbocycles. The summed E-state index contributed by atoms with van der Waals surface area (Å²) in [5.41, 5.74) is 0. The Balaban J connectivity index is 2.22. The molecule has 0 saturated carbocycles. The monoisotopic (exact) mass is 241 g/mol. The average Bonchev–Trinajstić information content (AvgIpc) is 2.33. The fraction of sp³-hybridized carbons (Fsp3) is 1.00. The highest BCUT2D eigenvalue weighted by molar-refractivity contribution is 4.74. The lowest BCUT2D eigenvalue weighted by molar-refractivity contribution is 0.135. The molecule has 0 unspecified atom stereocenters. The van der Waals surface area contributed by atoms with E-state index in [2.05, 4.69) is 18.7 Å². The summed E-state index contributed by atoms with van der Waals surface area (Å²) in [4.78, 5) is 2.41. The highest BCUT2D eigenvalue weighted by Crippen LogP contribution is 2.28. The van der Waals surface area contributed by atoms with Crippen molar-refractivity contribution in [1.82, 2.24) is 4.90 Å². The number of aliphatic hydroxyl groups excluding tert-OH is 1. The average molecular weight is 241 g/mol. The molecule has 0 atom stereocenters. The van der Waals surface area contributed by atoms with Gasteiger partial charge in [-0.3, -0.25) is 0 Å². The zero-order chi connectivity index (χ0) is 12.5. The number of rotatable bonds is 8. The summed E-state index contributed by atoms with van der Waals surface area (Å²) in [5.74, 6) is 1.92. The van der Waals surface area contributed by atoms with Crippen LogP contribution in [0.5, 0.6) is 0 Å². The third-order valence-electron chi connectivity index (χ3n) is 4.18. The molecule has 1 N–H and O–H groups in total. The number of piperidine rings is 1. The molecular formula is C15H31NO. The molecule has 0 radical (unpaired) electrons. The largest absolute Gasteiger partial charge is 0.395 e. The highest BCUT2D eigenvalue weighted by atomic mass is 16.3. The first-order chi connectivity index (χ1) is 8.30. The first-order valence-electron chi connectivity index (χ1n) is 7.63. The van der Waals surface area contributed by atoms with Crippen molar-refractivity contribution in [3.8, 4) is 0 Å². The third kappa shape index (κ3) is 5.87. The second kappa shape index (κ2) is 8.93. The van der Waals surface area contributed by atoms with Gasteiger partial charge in [0.2, 0.25) is 0 Å². The molecule has 0 spiro atoms. The second-order valence-electron chi connectivity index (χ2n) is 5.69. The van der Waals surface area contributed by atoms with Gasteiger partial charge in [0.1, 0.15) is 0 Å². The summed E-state index contributed by atoms with van der Waals surface area (Å²) < 4.78 is 0. The van der Waals surface area contributed by atoms with E-state index in [-0.39, 0.29) is 0 Å². The lowest BCUT2D eigenvalue weighted by Gasteiger charge is -2.33. The Bertz CT molecular complexity index is 170. The molecule has 1 aliphatic heterocycles. The van der Waals surface area contributed by atoms with Crippen molar-refractivity contribution in [2.24, 2.45) is 11.8 Å². The number of β-amino-alcohol motifs (C(OH)–C–C–N with tert-alkyl or cyclic N) is 1. The van der Waals surface area contributed by atoms with Gasteiger partial charge in [0.25, 0.3) is 0 Å². The van der Waals surface area contributed by atoms with Gasteiger partial charge in [-0.15, -0.1) is 0 Å². The van der Waals surface area contributed by atoms with Gasteiger partial charge in [0.15, 0.2) is 0 Å². The van der Waals surface area contributed by atoms with Crippen molar-refractivity contribution in [2.45, 2.75) is 58.8 Å². The predicted octanol–water partition coefficient (Wildman–Crippen LogP) is 3.30. The summed E-state index contributed by atoms with van der Waals surface area (Å²) in [6.45, 7) is 8.23. The zero-order valence-electron chi connectivity index (χ0n) is 11.8. The Kier molecular flexibility index (Phi) is 7.87. The van der Waals surface area contributed by atoms with Crippen LogP contribution < -0.4 is 0 Å². The summed E-state index contributed by atoms with van der Waals surface area (Å²) in [5, 5.41) is 8.93. The second-order valence-corrected chi connectivity index (χ2v) is 5.69. The molecule has 1 heterocycles. The Morgan fingerprint density at radius 2 is 1.71 bits per heavy atom. The summed E-state index contributed by atoms with van der Waals surface area (Å²) >= 11 is 0. The lowest BCUT2D eigenvalue weighted by atomic mass is 9.83. The zero-order valence-corrected chi connectivity index (χ0v) is 11.8. The highest BCUT2D eigenvalue weighted by Gasteiger charge is 2.21. The minimum absolute atomic E-state index is 0.318. The molecule has 0 aromatic heterocycles. The Morgan fingerprint density at radius 3 is 2.18 bits per heavy atom. The first kappa shape index (κ1) is 15.0. The minimum atomic E-state index is 0.318. The molecule has 2 heteroatoms.